The van der Waals surface area contributed by atoms with Crippen molar-refractivity contribution in [2.75, 3.05) is 12.5 Å². The molecule has 0 amide bonds. The van der Waals surface area contributed by atoms with Crippen LogP contribution in [0.15, 0.2) is 11.3 Å². The third-order valence-electron chi connectivity index (χ3n) is 2.00. The molecular weight excluding hydrogens is 176 g/mol. The van der Waals surface area contributed by atoms with Crippen molar-refractivity contribution in [1.82, 2.24) is 0 Å². The van der Waals surface area contributed by atoms with Crippen molar-refractivity contribution in [3.63, 3.8) is 0 Å². The van der Waals surface area contributed by atoms with Gasteiger partial charge < -0.3 is 4.74 Å². The minimum atomic E-state index is 0.214. The molecule has 0 aromatic carbocycles. The fraction of sp³-hybridized carbons (Fsp3) is 0.667. The molecule has 0 bridgehead atoms. The molecule has 0 fully saturated rings. The zero-order valence-corrected chi connectivity index (χ0v) is 7.99. The summed E-state index contributed by atoms with van der Waals surface area (Å²) in [5.74, 6) is 1.53. The number of ketones is 1. The third-order valence-corrected chi connectivity index (χ3v) is 2.15. The van der Waals surface area contributed by atoms with E-state index in [1.54, 1.807) is 0 Å². The molecule has 0 aliphatic heterocycles. The SMILES string of the molecule is CC1=C(OCCCl)CCCC1=O. The molecule has 3 heteroatoms. The van der Waals surface area contributed by atoms with E-state index in [9.17, 15) is 4.79 Å². The van der Waals surface area contributed by atoms with Crippen LogP contribution < -0.4 is 0 Å². The van der Waals surface area contributed by atoms with Crippen LogP contribution in [0.4, 0.5) is 0 Å². The molecule has 0 aromatic heterocycles. The van der Waals surface area contributed by atoms with E-state index in [-0.39, 0.29) is 5.78 Å². The number of ether oxygens (including phenoxy) is 1. The summed E-state index contributed by atoms with van der Waals surface area (Å²) in [5, 5.41) is 0. The zero-order chi connectivity index (χ0) is 8.97. The highest BCUT2D eigenvalue weighted by atomic mass is 35.5. The Kier molecular flexibility index (Phi) is 3.60. The Balaban J connectivity index is 2.59. The molecule has 0 radical (unpaired) electrons. The third kappa shape index (κ3) is 2.24. The summed E-state index contributed by atoms with van der Waals surface area (Å²) in [6.07, 6.45) is 2.46. The highest BCUT2D eigenvalue weighted by Gasteiger charge is 2.17. The first kappa shape index (κ1) is 9.59. The van der Waals surface area contributed by atoms with E-state index in [0.717, 1.165) is 24.2 Å². The van der Waals surface area contributed by atoms with E-state index in [1.165, 1.54) is 0 Å². The Hall–Kier alpha value is -0.500. The first-order valence-electron chi connectivity index (χ1n) is 4.17. The summed E-state index contributed by atoms with van der Waals surface area (Å²) < 4.78 is 5.34. The number of hydrogen-bond acceptors (Lipinski definition) is 2. The van der Waals surface area contributed by atoms with Crippen LogP contribution in [0.1, 0.15) is 26.2 Å². The van der Waals surface area contributed by atoms with Crippen LogP contribution in [0.25, 0.3) is 0 Å². The summed E-state index contributed by atoms with van der Waals surface area (Å²) >= 11 is 5.47. The molecule has 1 aliphatic carbocycles. The monoisotopic (exact) mass is 188 g/mol. The molecule has 1 rings (SSSR count). The van der Waals surface area contributed by atoms with Crippen LogP contribution >= 0.6 is 11.6 Å². The van der Waals surface area contributed by atoms with Crippen molar-refractivity contribution in [3.8, 4) is 0 Å². The number of Topliss-reactive ketones (excluding diaryl/α,β-unsaturated/α-hetero) is 1. The van der Waals surface area contributed by atoms with Crippen molar-refractivity contribution in [3.05, 3.63) is 11.3 Å². The minimum Gasteiger partial charge on any atom is -0.496 e. The van der Waals surface area contributed by atoms with E-state index in [1.807, 2.05) is 6.92 Å². The number of alkyl halides is 1. The Labute approximate surface area is 77.5 Å². The van der Waals surface area contributed by atoms with Crippen LogP contribution in [0, 0.1) is 0 Å². The standard InChI is InChI=1S/C9H13ClO2/c1-7-8(11)3-2-4-9(7)12-6-5-10/h2-6H2,1H3. The van der Waals surface area contributed by atoms with Gasteiger partial charge >= 0.3 is 0 Å². The molecule has 0 unspecified atom stereocenters. The number of carbonyl (C=O) groups is 1. The lowest BCUT2D eigenvalue weighted by Gasteiger charge is -2.16. The molecule has 1 aliphatic rings. The van der Waals surface area contributed by atoms with E-state index in [0.29, 0.717) is 18.9 Å². The predicted molar refractivity (Wildman–Crippen MR) is 48.2 cm³/mol. The average molecular weight is 189 g/mol. The molecule has 0 atom stereocenters. The van der Waals surface area contributed by atoms with Gasteiger partial charge in [0.15, 0.2) is 5.78 Å². The van der Waals surface area contributed by atoms with Gasteiger partial charge in [-0.2, -0.15) is 0 Å². The number of halogens is 1. The lowest BCUT2D eigenvalue weighted by Crippen LogP contribution is -2.11. The maximum Gasteiger partial charge on any atom is 0.161 e. The van der Waals surface area contributed by atoms with Crippen molar-refractivity contribution in [1.29, 1.82) is 0 Å². The van der Waals surface area contributed by atoms with Crippen molar-refractivity contribution in [2.24, 2.45) is 0 Å². The minimum absolute atomic E-state index is 0.214. The normalized spacial score (nSPS) is 18.3. The Morgan fingerprint density at radius 2 is 2.25 bits per heavy atom. The van der Waals surface area contributed by atoms with Crippen molar-refractivity contribution >= 4 is 17.4 Å². The number of carbonyl (C=O) groups excluding carboxylic acids is 1. The van der Waals surface area contributed by atoms with Gasteiger partial charge in [-0.05, 0) is 13.3 Å². The number of allylic oxidation sites excluding steroid dienone is 2. The van der Waals surface area contributed by atoms with Gasteiger partial charge in [-0.1, -0.05) is 0 Å². The van der Waals surface area contributed by atoms with Crippen LogP contribution in [-0.4, -0.2) is 18.3 Å². The quantitative estimate of drug-likeness (QED) is 0.636. The first-order valence-corrected chi connectivity index (χ1v) is 4.71. The predicted octanol–water partition coefficient (Wildman–Crippen LogP) is 2.27. The molecule has 2 nitrogen and oxygen atoms in total. The van der Waals surface area contributed by atoms with Crippen LogP contribution in [-0.2, 0) is 9.53 Å². The Morgan fingerprint density at radius 1 is 1.50 bits per heavy atom. The largest absolute Gasteiger partial charge is 0.496 e. The highest BCUT2D eigenvalue weighted by Crippen LogP contribution is 2.22. The topological polar surface area (TPSA) is 26.3 Å². The Bertz CT molecular complexity index is 209. The van der Waals surface area contributed by atoms with Gasteiger partial charge in [0, 0.05) is 18.4 Å². The second kappa shape index (κ2) is 4.51. The van der Waals surface area contributed by atoms with Gasteiger partial charge in [0.2, 0.25) is 0 Å². The maximum atomic E-state index is 11.2. The second-order valence-electron chi connectivity index (χ2n) is 2.86. The van der Waals surface area contributed by atoms with Crippen LogP contribution in [0.5, 0.6) is 0 Å². The molecule has 12 heavy (non-hydrogen) atoms. The molecule has 0 saturated heterocycles. The highest BCUT2D eigenvalue weighted by molar-refractivity contribution is 6.17. The lowest BCUT2D eigenvalue weighted by atomic mass is 9.98. The van der Waals surface area contributed by atoms with Gasteiger partial charge in [-0.25, -0.2) is 0 Å². The van der Waals surface area contributed by atoms with Gasteiger partial charge in [-0.15, -0.1) is 11.6 Å². The van der Waals surface area contributed by atoms with E-state index in [4.69, 9.17) is 16.3 Å². The summed E-state index contributed by atoms with van der Waals surface area (Å²) in [4.78, 5) is 11.2. The zero-order valence-electron chi connectivity index (χ0n) is 7.23. The number of rotatable bonds is 3. The van der Waals surface area contributed by atoms with E-state index in [2.05, 4.69) is 0 Å². The van der Waals surface area contributed by atoms with Gasteiger partial charge in [0.25, 0.3) is 0 Å². The average Bonchev–Trinajstić information content (AvgIpc) is 2.08. The molecular formula is C9H13ClO2. The molecule has 68 valence electrons. The van der Waals surface area contributed by atoms with Crippen molar-refractivity contribution < 1.29 is 9.53 Å². The maximum absolute atomic E-state index is 11.2. The summed E-state index contributed by atoms with van der Waals surface area (Å²) in [7, 11) is 0. The van der Waals surface area contributed by atoms with Crippen molar-refractivity contribution in [2.45, 2.75) is 26.2 Å². The smallest absolute Gasteiger partial charge is 0.161 e. The molecule has 0 spiro atoms. The van der Waals surface area contributed by atoms with Crippen LogP contribution in [0.3, 0.4) is 0 Å². The number of hydrogen-bond donors (Lipinski definition) is 0. The fourth-order valence-electron chi connectivity index (χ4n) is 1.28. The lowest BCUT2D eigenvalue weighted by molar-refractivity contribution is -0.116. The van der Waals surface area contributed by atoms with E-state index < -0.39 is 0 Å². The van der Waals surface area contributed by atoms with Crippen LogP contribution in [0.2, 0.25) is 0 Å². The van der Waals surface area contributed by atoms with Gasteiger partial charge in [0.05, 0.1) is 5.88 Å². The summed E-state index contributed by atoms with van der Waals surface area (Å²) in [6, 6.07) is 0. The summed E-state index contributed by atoms with van der Waals surface area (Å²) in [6.45, 7) is 2.33. The first-order chi connectivity index (χ1) is 5.75. The summed E-state index contributed by atoms with van der Waals surface area (Å²) in [5.41, 5.74) is 0.784. The Morgan fingerprint density at radius 3 is 2.92 bits per heavy atom. The molecule has 0 saturated carbocycles. The molecule has 0 heterocycles. The second-order valence-corrected chi connectivity index (χ2v) is 3.24. The van der Waals surface area contributed by atoms with Gasteiger partial charge in [-0.3, -0.25) is 4.79 Å². The van der Waals surface area contributed by atoms with E-state index >= 15 is 0 Å². The molecule has 0 aromatic rings. The molecule has 0 N–H and O–H groups in total. The van der Waals surface area contributed by atoms with Gasteiger partial charge in [0.1, 0.15) is 12.4 Å². The fourth-order valence-corrected chi connectivity index (χ4v) is 1.36.